The van der Waals surface area contributed by atoms with Gasteiger partial charge < -0.3 is 19.9 Å². The van der Waals surface area contributed by atoms with Crippen LogP contribution in [-0.2, 0) is 15.3 Å². The molecule has 1 atom stereocenters. The van der Waals surface area contributed by atoms with Crippen LogP contribution in [0.1, 0.15) is 25.0 Å². The fraction of sp³-hybridized carbons (Fsp3) is 0.286. The molecule has 0 aliphatic rings. The predicted molar refractivity (Wildman–Crippen MR) is 124 cm³/mol. The number of nitrogens with two attached hydrogens (primary N) is 1. The van der Waals surface area contributed by atoms with E-state index in [0.29, 0.717) is 21.1 Å². The van der Waals surface area contributed by atoms with Crippen LogP contribution in [-0.4, -0.2) is 37.2 Å². The van der Waals surface area contributed by atoms with Crippen LogP contribution >= 0.6 is 27.7 Å². The van der Waals surface area contributed by atoms with Crippen LogP contribution in [0.2, 0.25) is 0 Å². The van der Waals surface area contributed by atoms with Crippen molar-refractivity contribution in [2.75, 3.05) is 13.7 Å². The highest BCUT2D eigenvalue weighted by Crippen LogP contribution is 2.37. The zero-order valence-electron chi connectivity index (χ0n) is 17.0. The van der Waals surface area contributed by atoms with Gasteiger partial charge in [0.1, 0.15) is 0 Å². The van der Waals surface area contributed by atoms with Crippen molar-refractivity contribution >= 4 is 45.0 Å². The van der Waals surface area contributed by atoms with E-state index in [-0.39, 0.29) is 6.61 Å². The van der Waals surface area contributed by atoms with Gasteiger partial charge in [0.2, 0.25) is 0 Å². The number of amidine groups is 1. The van der Waals surface area contributed by atoms with E-state index >= 15 is 0 Å². The van der Waals surface area contributed by atoms with Gasteiger partial charge in [-0.2, -0.15) is 5.10 Å². The largest absolute Gasteiger partial charge is 0.493 e. The molecule has 0 aliphatic carbocycles. The summed E-state index contributed by atoms with van der Waals surface area (Å²) in [7, 11) is 1.51. The fourth-order valence-corrected chi connectivity index (χ4v) is 3.49. The number of methoxy groups -OCH3 is 1. The third-order valence-electron chi connectivity index (χ3n) is 3.76. The molecule has 2 N–H and O–H groups in total. The molecule has 0 bridgehead atoms. The zero-order valence-corrected chi connectivity index (χ0v) is 19.4. The van der Waals surface area contributed by atoms with E-state index in [1.54, 1.807) is 32.2 Å². The Labute approximate surface area is 188 Å². The summed E-state index contributed by atoms with van der Waals surface area (Å²) >= 11 is 4.85. The number of hydrogen-bond acceptors (Lipinski definition) is 7. The zero-order chi connectivity index (χ0) is 21.9. The Hall–Kier alpha value is -2.52. The molecule has 0 amide bonds. The van der Waals surface area contributed by atoms with E-state index < -0.39 is 12.1 Å². The summed E-state index contributed by atoms with van der Waals surface area (Å²) in [5.41, 5.74) is 7.79. The molecule has 0 fully saturated rings. The van der Waals surface area contributed by atoms with Crippen molar-refractivity contribution in [2.24, 2.45) is 15.9 Å². The van der Waals surface area contributed by atoms with Crippen molar-refractivity contribution in [3.8, 4) is 11.5 Å². The molecule has 0 saturated heterocycles. The van der Waals surface area contributed by atoms with Gasteiger partial charge >= 0.3 is 5.97 Å². The molecule has 30 heavy (non-hydrogen) atoms. The first kappa shape index (κ1) is 23.8. The van der Waals surface area contributed by atoms with E-state index in [4.69, 9.17) is 19.9 Å². The van der Waals surface area contributed by atoms with Crippen LogP contribution in [0, 0.1) is 0 Å². The van der Waals surface area contributed by atoms with E-state index in [1.165, 1.54) is 18.9 Å². The Morgan fingerprint density at radius 3 is 2.70 bits per heavy atom. The Balaban J connectivity index is 2.05. The molecule has 0 heterocycles. The van der Waals surface area contributed by atoms with E-state index in [9.17, 15) is 4.79 Å². The molecule has 160 valence electrons. The average Bonchev–Trinajstić information content (AvgIpc) is 2.74. The maximum atomic E-state index is 11.8. The number of hydrogen-bond donors (Lipinski definition) is 1. The number of esters is 1. The van der Waals surface area contributed by atoms with Gasteiger partial charge in [-0.3, -0.25) is 0 Å². The summed E-state index contributed by atoms with van der Waals surface area (Å²) in [6.45, 7) is 3.64. The number of carbonyl (C=O) groups excluding carboxylic acids is 1. The molecule has 2 aromatic carbocycles. The van der Waals surface area contributed by atoms with Crippen LogP contribution in [0.5, 0.6) is 11.5 Å². The Morgan fingerprint density at radius 2 is 2.03 bits per heavy atom. The van der Waals surface area contributed by atoms with Crippen molar-refractivity contribution in [3.63, 3.8) is 0 Å². The number of carbonyl (C=O) groups is 1. The third kappa shape index (κ3) is 7.38. The number of nitrogens with zero attached hydrogens (tertiary/aromatic N) is 2. The second-order valence-corrected chi connectivity index (χ2v) is 7.85. The summed E-state index contributed by atoms with van der Waals surface area (Å²) in [5, 5.41) is 8.42. The quantitative estimate of drug-likeness (QED) is 0.241. The minimum absolute atomic E-state index is 0.285. The number of halogens is 1. The monoisotopic (exact) mass is 493 g/mol. The first-order chi connectivity index (χ1) is 14.4. The first-order valence-corrected chi connectivity index (χ1v) is 11.0. The van der Waals surface area contributed by atoms with Crippen molar-refractivity contribution in [2.45, 2.75) is 25.7 Å². The maximum absolute atomic E-state index is 11.8. The molecule has 0 spiro atoms. The van der Waals surface area contributed by atoms with Crippen LogP contribution in [0.15, 0.2) is 57.1 Å². The molecule has 0 aromatic heterocycles. The second kappa shape index (κ2) is 12.2. The van der Waals surface area contributed by atoms with Gasteiger partial charge in [0.05, 0.1) is 24.4 Å². The van der Waals surface area contributed by atoms with Gasteiger partial charge in [-0.25, -0.2) is 4.79 Å². The molecule has 0 saturated carbocycles. The topological polar surface area (TPSA) is 95.5 Å². The number of rotatable bonds is 9. The average molecular weight is 494 g/mol. The van der Waals surface area contributed by atoms with E-state index in [2.05, 4.69) is 26.1 Å². The fourth-order valence-electron chi connectivity index (χ4n) is 2.33. The molecular formula is C21H24BrN3O4S. The maximum Gasteiger partial charge on any atom is 0.347 e. The highest BCUT2D eigenvalue weighted by molar-refractivity contribution is 9.10. The van der Waals surface area contributed by atoms with Crippen molar-refractivity contribution in [1.29, 1.82) is 0 Å². The van der Waals surface area contributed by atoms with Crippen molar-refractivity contribution < 1.29 is 19.0 Å². The van der Waals surface area contributed by atoms with Gasteiger partial charge in [0.15, 0.2) is 22.8 Å². The SMILES string of the molecule is CCOC(=O)C(C)Oc1c(Br)cc(C=NN=C(N)SCc2ccccc2)cc1OC. The summed E-state index contributed by atoms with van der Waals surface area (Å²) in [6.07, 6.45) is 0.780. The highest BCUT2D eigenvalue weighted by Gasteiger charge is 2.20. The van der Waals surface area contributed by atoms with Crippen LogP contribution in [0.3, 0.4) is 0 Å². The molecule has 1 unspecified atom stereocenters. The lowest BCUT2D eigenvalue weighted by Crippen LogP contribution is -2.26. The summed E-state index contributed by atoms with van der Waals surface area (Å²) in [4.78, 5) is 11.8. The lowest BCUT2D eigenvalue weighted by molar-refractivity contribution is -0.150. The Morgan fingerprint density at radius 1 is 1.30 bits per heavy atom. The predicted octanol–water partition coefficient (Wildman–Crippen LogP) is 4.37. The molecule has 0 aliphatic heterocycles. The minimum Gasteiger partial charge on any atom is -0.493 e. The summed E-state index contributed by atoms with van der Waals surface area (Å²) in [5.74, 6) is 1.11. The Bertz CT molecular complexity index is 907. The molecular weight excluding hydrogens is 470 g/mol. The minimum atomic E-state index is -0.777. The molecule has 2 rings (SSSR count). The lowest BCUT2D eigenvalue weighted by atomic mass is 10.2. The number of benzene rings is 2. The molecule has 2 aromatic rings. The second-order valence-electron chi connectivity index (χ2n) is 6.00. The van der Waals surface area contributed by atoms with Gasteiger partial charge in [-0.05, 0) is 53.0 Å². The normalized spacial score (nSPS) is 12.6. The summed E-state index contributed by atoms with van der Waals surface area (Å²) in [6, 6.07) is 13.5. The van der Waals surface area contributed by atoms with Crippen molar-refractivity contribution in [3.05, 3.63) is 58.1 Å². The van der Waals surface area contributed by atoms with Gasteiger partial charge in [-0.15, -0.1) is 5.10 Å². The van der Waals surface area contributed by atoms with E-state index in [0.717, 1.165) is 16.9 Å². The summed E-state index contributed by atoms with van der Waals surface area (Å²) < 4.78 is 16.7. The molecule has 0 radical (unpaired) electrons. The Kier molecular flexibility index (Phi) is 9.69. The number of ether oxygens (including phenoxy) is 3. The smallest absolute Gasteiger partial charge is 0.347 e. The van der Waals surface area contributed by atoms with Crippen LogP contribution in [0.4, 0.5) is 0 Å². The van der Waals surface area contributed by atoms with E-state index in [1.807, 2.05) is 30.3 Å². The highest BCUT2D eigenvalue weighted by atomic mass is 79.9. The van der Waals surface area contributed by atoms with Gasteiger partial charge in [-0.1, -0.05) is 42.1 Å². The lowest BCUT2D eigenvalue weighted by Gasteiger charge is -2.17. The van der Waals surface area contributed by atoms with Crippen LogP contribution < -0.4 is 15.2 Å². The van der Waals surface area contributed by atoms with Gasteiger partial charge in [0, 0.05) is 5.75 Å². The molecule has 9 heteroatoms. The molecule has 7 nitrogen and oxygen atoms in total. The van der Waals surface area contributed by atoms with Gasteiger partial charge in [0.25, 0.3) is 0 Å². The van der Waals surface area contributed by atoms with Crippen molar-refractivity contribution in [1.82, 2.24) is 0 Å². The number of thioether (sulfide) groups is 1. The van der Waals surface area contributed by atoms with Crippen LogP contribution in [0.25, 0.3) is 0 Å². The first-order valence-electron chi connectivity index (χ1n) is 9.18. The standard InChI is InChI=1S/C21H24BrN3O4S/c1-4-28-20(26)14(2)29-19-17(22)10-16(11-18(19)27-3)12-24-25-21(23)30-13-15-8-6-5-7-9-15/h5-12,14H,4,13H2,1-3H3,(H2,23,25). The third-order valence-corrected chi connectivity index (χ3v) is 5.20.